The Balaban J connectivity index is 2.28. The highest BCUT2D eigenvalue weighted by atomic mass is 35.5. The van der Waals surface area contributed by atoms with Gasteiger partial charge in [0.05, 0.1) is 6.61 Å². The molecular weight excluding hydrogens is 188 g/mol. The summed E-state index contributed by atoms with van der Waals surface area (Å²) in [6.45, 7) is 0.570. The van der Waals surface area contributed by atoms with Crippen molar-refractivity contribution in [3.05, 3.63) is 29.3 Å². The number of halogens is 1. The molecule has 0 aliphatic rings. The first-order valence-corrected chi connectivity index (χ1v) is 4.53. The zero-order chi connectivity index (χ0) is 9.52. The van der Waals surface area contributed by atoms with E-state index in [1.807, 2.05) is 12.1 Å². The standard InChI is InChI=1S/C10H11ClO2/c11-9-3-5-10(6-4-9)13-8-2-1-7-12/h3-7H,1-2,8H2. The molecule has 0 heterocycles. The summed E-state index contributed by atoms with van der Waals surface area (Å²) >= 11 is 5.69. The second-order valence-electron chi connectivity index (χ2n) is 2.61. The summed E-state index contributed by atoms with van der Waals surface area (Å²) in [4.78, 5) is 9.99. The fourth-order valence-electron chi connectivity index (χ4n) is 0.888. The fourth-order valence-corrected chi connectivity index (χ4v) is 1.01. The molecule has 3 heteroatoms. The highest BCUT2D eigenvalue weighted by Gasteiger charge is 1.92. The van der Waals surface area contributed by atoms with Gasteiger partial charge in [-0.3, -0.25) is 0 Å². The van der Waals surface area contributed by atoms with Gasteiger partial charge >= 0.3 is 0 Å². The maximum Gasteiger partial charge on any atom is 0.120 e. The average Bonchev–Trinajstić information content (AvgIpc) is 2.15. The molecule has 1 rings (SSSR count). The van der Waals surface area contributed by atoms with Gasteiger partial charge in [0, 0.05) is 11.4 Å². The van der Waals surface area contributed by atoms with Crippen molar-refractivity contribution in [2.75, 3.05) is 6.61 Å². The topological polar surface area (TPSA) is 26.3 Å². The molecule has 0 spiro atoms. The number of rotatable bonds is 5. The summed E-state index contributed by atoms with van der Waals surface area (Å²) in [5.41, 5.74) is 0. The minimum atomic E-state index is 0.549. The molecule has 0 aliphatic heterocycles. The second-order valence-corrected chi connectivity index (χ2v) is 3.05. The summed E-state index contributed by atoms with van der Waals surface area (Å²) in [6.07, 6.45) is 2.20. The van der Waals surface area contributed by atoms with Crippen molar-refractivity contribution in [3.8, 4) is 5.75 Å². The van der Waals surface area contributed by atoms with Crippen LogP contribution in [0.3, 0.4) is 0 Å². The first-order chi connectivity index (χ1) is 6.33. The van der Waals surface area contributed by atoms with E-state index >= 15 is 0 Å². The quantitative estimate of drug-likeness (QED) is 0.537. The number of unbranched alkanes of at least 4 members (excludes halogenated alkanes) is 1. The monoisotopic (exact) mass is 198 g/mol. The van der Waals surface area contributed by atoms with E-state index in [4.69, 9.17) is 16.3 Å². The first kappa shape index (κ1) is 10.1. The van der Waals surface area contributed by atoms with Crippen molar-refractivity contribution in [1.29, 1.82) is 0 Å². The summed E-state index contributed by atoms with van der Waals surface area (Å²) in [7, 11) is 0. The van der Waals surface area contributed by atoms with Gasteiger partial charge in [-0.2, -0.15) is 0 Å². The van der Waals surface area contributed by atoms with Gasteiger partial charge in [-0.15, -0.1) is 0 Å². The third-order valence-electron chi connectivity index (χ3n) is 1.55. The largest absolute Gasteiger partial charge is 0.494 e. The maximum absolute atomic E-state index is 9.99. The Kier molecular flexibility index (Phi) is 4.33. The molecule has 0 saturated heterocycles. The van der Waals surface area contributed by atoms with E-state index in [2.05, 4.69) is 0 Å². The summed E-state index contributed by atoms with van der Waals surface area (Å²) in [5, 5.41) is 0.695. The molecule has 0 fully saturated rings. The van der Waals surface area contributed by atoms with Crippen LogP contribution in [-0.4, -0.2) is 12.9 Å². The average molecular weight is 199 g/mol. The highest BCUT2D eigenvalue weighted by Crippen LogP contribution is 2.15. The van der Waals surface area contributed by atoms with E-state index in [-0.39, 0.29) is 0 Å². The second kappa shape index (κ2) is 5.60. The van der Waals surface area contributed by atoms with E-state index in [9.17, 15) is 4.79 Å². The first-order valence-electron chi connectivity index (χ1n) is 4.15. The normalized spacial score (nSPS) is 9.62. The fraction of sp³-hybridized carbons (Fsp3) is 0.300. The Hall–Kier alpha value is -1.02. The maximum atomic E-state index is 9.99. The van der Waals surface area contributed by atoms with E-state index in [0.717, 1.165) is 18.5 Å². The zero-order valence-corrected chi connectivity index (χ0v) is 7.96. The highest BCUT2D eigenvalue weighted by molar-refractivity contribution is 6.30. The number of carbonyl (C=O) groups excluding carboxylic acids is 1. The smallest absolute Gasteiger partial charge is 0.120 e. The van der Waals surface area contributed by atoms with Crippen molar-refractivity contribution in [3.63, 3.8) is 0 Å². The molecule has 0 aromatic heterocycles. The van der Waals surface area contributed by atoms with Crippen molar-refractivity contribution >= 4 is 17.9 Å². The number of ether oxygens (including phenoxy) is 1. The predicted octanol–water partition coefficient (Wildman–Crippen LogP) is 2.70. The number of aldehydes is 1. The van der Waals surface area contributed by atoms with Gasteiger partial charge < -0.3 is 9.53 Å². The minimum Gasteiger partial charge on any atom is -0.494 e. The van der Waals surface area contributed by atoms with Crippen LogP contribution in [0.4, 0.5) is 0 Å². The van der Waals surface area contributed by atoms with Gasteiger partial charge in [-0.25, -0.2) is 0 Å². The summed E-state index contributed by atoms with van der Waals surface area (Å²) in [5.74, 6) is 0.787. The molecule has 0 N–H and O–H groups in total. The van der Waals surface area contributed by atoms with Gasteiger partial charge in [-0.1, -0.05) is 11.6 Å². The van der Waals surface area contributed by atoms with E-state index in [0.29, 0.717) is 18.1 Å². The van der Waals surface area contributed by atoms with Crippen molar-refractivity contribution in [2.45, 2.75) is 12.8 Å². The minimum absolute atomic E-state index is 0.549. The van der Waals surface area contributed by atoms with Crippen LogP contribution in [0.25, 0.3) is 0 Å². The van der Waals surface area contributed by atoms with Crippen molar-refractivity contribution in [2.24, 2.45) is 0 Å². The van der Waals surface area contributed by atoms with E-state index in [1.165, 1.54) is 0 Å². The summed E-state index contributed by atoms with van der Waals surface area (Å²) in [6, 6.07) is 7.17. The van der Waals surface area contributed by atoms with Gasteiger partial charge in [-0.05, 0) is 30.7 Å². The molecule has 1 aromatic carbocycles. The van der Waals surface area contributed by atoms with Crippen LogP contribution in [0.5, 0.6) is 5.75 Å². The lowest BCUT2D eigenvalue weighted by Crippen LogP contribution is -1.96. The van der Waals surface area contributed by atoms with Gasteiger partial charge in [0.15, 0.2) is 0 Å². The van der Waals surface area contributed by atoms with Crippen molar-refractivity contribution < 1.29 is 9.53 Å². The molecule has 0 unspecified atom stereocenters. The van der Waals surface area contributed by atoms with Crippen LogP contribution in [-0.2, 0) is 4.79 Å². The number of benzene rings is 1. The lowest BCUT2D eigenvalue weighted by molar-refractivity contribution is -0.108. The Morgan fingerprint density at radius 1 is 1.31 bits per heavy atom. The molecule has 0 bridgehead atoms. The predicted molar refractivity (Wildman–Crippen MR) is 52.2 cm³/mol. The molecule has 0 radical (unpaired) electrons. The number of carbonyl (C=O) groups is 1. The Bertz CT molecular complexity index is 256. The number of hydrogen-bond donors (Lipinski definition) is 0. The lowest BCUT2D eigenvalue weighted by atomic mass is 10.3. The van der Waals surface area contributed by atoms with Crippen molar-refractivity contribution in [1.82, 2.24) is 0 Å². The van der Waals surface area contributed by atoms with Crippen LogP contribution in [0, 0.1) is 0 Å². The molecule has 0 saturated carbocycles. The molecule has 13 heavy (non-hydrogen) atoms. The molecule has 1 aromatic rings. The van der Waals surface area contributed by atoms with Crippen LogP contribution >= 0.6 is 11.6 Å². The molecule has 0 amide bonds. The molecular formula is C10H11ClO2. The Morgan fingerprint density at radius 2 is 2.00 bits per heavy atom. The van der Waals surface area contributed by atoms with E-state index < -0.39 is 0 Å². The third-order valence-corrected chi connectivity index (χ3v) is 1.80. The molecule has 2 nitrogen and oxygen atoms in total. The van der Waals surface area contributed by atoms with Crippen LogP contribution < -0.4 is 4.74 Å². The van der Waals surface area contributed by atoms with Gasteiger partial charge in [0.1, 0.15) is 12.0 Å². The Labute approximate surface area is 82.5 Å². The van der Waals surface area contributed by atoms with Crippen LogP contribution in [0.1, 0.15) is 12.8 Å². The molecule has 0 aliphatic carbocycles. The Morgan fingerprint density at radius 3 is 2.62 bits per heavy atom. The van der Waals surface area contributed by atoms with Gasteiger partial charge in [0.2, 0.25) is 0 Å². The molecule has 0 atom stereocenters. The van der Waals surface area contributed by atoms with Gasteiger partial charge in [0.25, 0.3) is 0 Å². The van der Waals surface area contributed by atoms with Crippen LogP contribution in [0.2, 0.25) is 5.02 Å². The summed E-state index contributed by atoms with van der Waals surface area (Å²) < 4.78 is 5.35. The van der Waals surface area contributed by atoms with E-state index in [1.54, 1.807) is 12.1 Å². The third kappa shape index (κ3) is 3.95. The van der Waals surface area contributed by atoms with Crippen LogP contribution in [0.15, 0.2) is 24.3 Å². The SMILES string of the molecule is O=CCCCOc1ccc(Cl)cc1. The molecule has 70 valence electrons. The lowest BCUT2D eigenvalue weighted by Gasteiger charge is -2.03. The zero-order valence-electron chi connectivity index (χ0n) is 7.20. The number of hydrogen-bond acceptors (Lipinski definition) is 2.